The number of hydrogen-bond donors (Lipinski definition) is 1. The van der Waals surface area contributed by atoms with Gasteiger partial charge in [0.1, 0.15) is 4.75 Å². The van der Waals surface area contributed by atoms with E-state index >= 15 is 0 Å². The summed E-state index contributed by atoms with van der Waals surface area (Å²) in [6, 6.07) is 0. The minimum absolute atomic E-state index is 0.00412. The van der Waals surface area contributed by atoms with Crippen LogP contribution in [0.1, 0.15) is 39.5 Å². The first-order valence-corrected chi connectivity index (χ1v) is 11.7. The van der Waals surface area contributed by atoms with Gasteiger partial charge < -0.3 is 5.11 Å². The minimum Gasteiger partial charge on any atom is -0.392 e. The van der Waals surface area contributed by atoms with Crippen molar-refractivity contribution in [3.8, 4) is 0 Å². The maximum absolute atomic E-state index is 14.1. The molecule has 152 valence electrons. The summed E-state index contributed by atoms with van der Waals surface area (Å²) < 4.78 is 12.9. The molecule has 4 aliphatic carbocycles. The summed E-state index contributed by atoms with van der Waals surface area (Å²) in [4.78, 5) is 27.9. The quantitative estimate of drug-likeness (QED) is 0.563. The fourth-order valence-electron chi connectivity index (χ4n) is 7.42. The third-order valence-electron chi connectivity index (χ3n) is 9.13. The van der Waals surface area contributed by atoms with Gasteiger partial charge in [-0.3, -0.25) is 18.7 Å². The van der Waals surface area contributed by atoms with Crippen LogP contribution >= 0.6 is 0 Å². The number of hydrogen-bond acceptors (Lipinski definition) is 4. The highest BCUT2D eigenvalue weighted by Crippen LogP contribution is 2.67. The molecule has 1 heterocycles. The molecule has 0 aromatic carbocycles. The molecule has 0 spiro atoms. The number of fused-ring (bicyclic) bond motifs is 7. The summed E-state index contributed by atoms with van der Waals surface area (Å²) in [7, 11) is -1.52. The molecule has 3 saturated carbocycles. The Morgan fingerprint density at radius 2 is 2.07 bits per heavy atom. The molecule has 4 fully saturated rings. The van der Waals surface area contributed by atoms with Gasteiger partial charge in [0.2, 0.25) is 11.8 Å². The lowest BCUT2D eigenvalue weighted by molar-refractivity contribution is -0.139. The Morgan fingerprint density at radius 3 is 2.68 bits per heavy atom. The van der Waals surface area contributed by atoms with Crippen LogP contribution in [-0.2, 0) is 20.4 Å². The summed E-state index contributed by atoms with van der Waals surface area (Å²) in [5.41, 5.74) is -0.531. The van der Waals surface area contributed by atoms with Gasteiger partial charge in [0.05, 0.1) is 12.0 Å². The first-order valence-electron chi connectivity index (χ1n) is 10.4. The first-order chi connectivity index (χ1) is 13.2. The number of allylic oxidation sites excluding steroid dienone is 2. The average Bonchev–Trinajstić information content (AvgIpc) is 3.39. The molecule has 5 nitrogen and oxygen atoms in total. The zero-order chi connectivity index (χ0) is 20.1. The van der Waals surface area contributed by atoms with Crippen molar-refractivity contribution in [2.75, 3.05) is 12.3 Å². The Balaban J connectivity index is 1.56. The van der Waals surface area contributed by atoms with E-state index in [0.717, 1.165) is 25.7 Å². The molecule has 5 aliphatic rings. The molecule has 0 radical (unpaired) electrons. The number of nitrogens with zero attached hydrogens (tertiary/aromatic N) is 1. The van der Waals surface area contributed by atoms with Gasteiger partial charge in [-0.05, 0) is 42.9 Å². The molecule has 5 rings (SSSR count). The van der Waals surface area contributed by atoms with E-state index in [1.807, 2.05) is 12.2 Å². The van der Waals surface area contributed by atoms with Crippen LogP contribution in [0.5, 0.6) is 0 Å². The lowest BCUT2D eigenvalue weighted by Gasteiger charge is -2.43. The van der Waals surface area contributed by atoms with E-state index in [0.29, 0.717) is 11.7 Å². The molecule has 1 N–H and O–H groups in total. The summed E-state index contributed by atoms with van der Waals surface area (Å²) in [6.45, 7) is 8.21. The molecule has 6 heteroatoms. The van der Waals surface area contributed by atoms with E-state index in [4.69, 9.17) is 0 Å². The van der Waals surface area contributed by atoms with Crippen molar-refractivity contribution in [3.05, 3.63) is 24.8 Å². The number of carbonyl (C=O) groups excluding carboxylic acids is 2. The number of aliphatic hydroxyl groups is 1. The third kappa shape index (κ3) is 1.85. The topological polar surface area (TPSA) is 74.7 Å². The Labute approximate surface area is 168 Å². The lowest BCUT2D eigenvalue weighted by Crippen LogP contribution is -2.55. The monoisotopic (exact) mass is 403 g/mol. The largest absolute Gasteiger partial charge is 0.392 e. The van der Waals surface area contributed by atoms with Crippen molar-refractivity contribution in [2.24, 2.45) is 34.5 Å². The van der Waals surface area contributed by atoms with Gasteiger partial charge in [-0.1, -0.05) is 32.1 Å². The highest BCUT2D eigenvalue weighted by atomic mass is 32.2. The predicted octanol–water partition coefficient (Wildman–Crippen LogP) is 2.04. The van der Waals surface area contributed by atoms with Gasteiger partial charge in [0.15, 0.2) is 0 Å². The molecule has 0 aromatic heterocycles. The van der Waals surface area contributed by atoms with Gasteiger partial charge in [0, 0.05) is 34.4 Å². The highest BCUT2D eigenvalue weighted by molar-refractivity contribution is 7.87. The van der Waals surface area contributed by atoms with Crippen molar-refractivity contribution in [1.29, 1.82) is 0 Å². The summed E-state index contributed by atoms with van der Waals surface area (Å²) >= 11 is 0. The summed E-state index contributed by atoms with van der Waals surface area (Å²) in [5.74, 6) is -0.402. The molecule has 8 atom stereocenters. The van der Waals surface area contributed by atoms with Gasteiger partial charge in [-0.2, -0.15) is 0 Å². The van der Waals surface area contributed by atoms with Crippen LogP contribution in [0, 0.1) is 34.5 Å². The van der Waals surface area contributed by atoms with Crippen LogP contribution < -0.4 is 0 Å². The van der Waals surface area contributed by atoms with Gasteiger partial charge in [-0.15, -0.1) is 6.58 Å². The zero-order valence-electron chi connectivity index (χ0n) is 16.6. The first kappa shape index (κ1) is 18.7. The minimum atomic E-state index is -1.52. The Hall–Kier alpha value is -1.27. The highest BCUT2D eigenvalue weighted by Gasteiger charge is 2.74. The van der Waals surface area contributed by atoms with E-state index < -0.39 is 33.0 Å². The van der Waals surface area contributed by atoms with E-state index in [2.05, 4.69) is 20.4 Å². The number of rotatable bonds is 5. The van der Waals surface area contributed by atoms with Crippen LogP contribution in [0.3, 0.4) is 0 Å². The maximum Gasteiger partial charge on any atom is 0.249 e. The third-order valence-corrected chi connectivity index (χ3v) is 11.4. The molecular weight excluding hydrogens is 374 g/mol. The smallest absolute Gasteiger partial charge is 0.249 e. The normalized spacial score (nSPS) is 48.5. The molecule has 4 bridgehead atoms. The van der Waals surface area contributed by atoms with E-state index in [1.54, 1.807) is 6.08 Å². The van der Waals surface area contributed by atoms with Crippen molar-refractivity contribution in [3.63, 3.8) is 0 Å². The second kappa shape index (κ2) is 5.66. The Morgan fingerprint density at radius 1 is 1.32 bits per heavy atom. The van der Waals surface area contributed by atoms with Crippen LogP contribution in [0.25, 0.3) is 0 Å². The van der Waals surface area contributed by atoms with Crippen LogP contribution in [0.2, 0.25) is 0 Å². The second-order valence-electron chi connectivity index (χ2n) is 10.1. The number of imide groups is 1. The van der Waals surface area contributed by atoms with Crippen molar-refractivity contribution in [2.45, 2.75) is 50.4 Å². The zero-order valence-corrected chi connectivity index (χ0v) is 17.4. The van der Waals surface area contributed by atoms with Gasteiger partial charge >= 0.3 is 0 Å². The van der Waals surface area contributed by atoms with Gasteiger partial charge in [0.25, 0.3) is 0 Å². The predicted molar refractivity (Wildman–Crippen MR) is 106 cm³/mol. The average molecular weight is 404 g/mol. The van der Waals surface area contributed by atoms with Crippen LogP contribution in [-0.4, -0.2) is 49.2 Å². The summed E-state index contributed by atoms with van der Waals surface area (Å²) in [5, 5.41) is 10.9. The standard InChI is InChI=1S/C22H29NO4S/c1-4-9-23-18(25)17-13-5-6-15(10-13)22(17,19(23)26)28(27)12-21-8-7-14(11-16(21)24)20(21,2)3/h4-6,13-17,24H,1,7-12H2,2-3H3/t13-,14-,15+,16-,17-,21-,22+,28?/m1/s1. The SMILES string of the molecule is C=CCN1C(=O)[C@H]2[C@@H]3C=C[C@@H](C3)[C@@]2(S(=O)C[C@]23CC[C@H](C[C@H]2O)C3(C)C)C1=O. The number of likely N-dealkylation sites (tertiary alicyclic amines) is 1. The van der Waals surface area contributed by atoms with E-state index in [1.165, 1.54) is 4.90 Å². The number of carbonyl (C=O) groups is 2. The Bertz CT molecular complexity index is 834. The number of aliphatic hydroxyl groups excluding tert-OH is 1. The second-order valence-corrected chi connectivity index (χ2v) is 11.7. The fourth-order valence-corrected chi connectivity index (χ4v) is 10.2. The molecule has 2 amide bonds. The number of amides is 2. The van der Waals surface area contributed by atoms with Crippen LogP contribution in [0.15, 0.2) is 24.8 Å². The van der Waals surface area contributed by atoms with E-state index in [-0.39, 0.29) is 35.6 Å². The van der Waals surface area contributed by atoms with Crippen molar-refractivity contribution >= 4 is 22.6 Å². The molecular formula is C22H29NO4S. The molecule has 1 unspecified atom stereocenters. The molecule has 0 aromatic rings. The molecule has 1 saturated heterocycles. The fraction of sp³-hybridized carbons (Fsp3) is 0.727. The maximum atomic E-state index is 14.1. The van der Waals surface area contributed by atoms with Gasteiger partial charge in [-0.25, -0.2) is 0 Å². The summed E-state index contributed by atoms with van der Waals surface area (Å²) in [6.07, 6.45) is 8.50. The lowest BCUT2D eigenvalue weighted by atomic mass is 9.70. The molecule has 1 aliphatic heterocycles. The van der Waals surface area contributed by atoms with Crippen LogP contribution in [0.4, 0.5) is 0 Å². The molecule has 28 heavy (non-hydrogen) atoms. The van der Waals surface area contributed by atoms with Crippen molar-refractivity contribution in [1.82, 2.24) is 4.90 Å². The van der Waals surface area contributed by atoms with Crippen molar-refractivity contribution < 1.29 is 18.9 Å². The van der Waals surface area contributed by atoms with E-state index in [9.17, 15) is 18.9 Å². The Kier molecular flexibility index (Phi) is 3.79.